The summed E-state index contributed by atoms with van der Waals surface area (Å²) in [6.07, 6.45) is 7.17. The lowest BCUT2D eigenvalue weighted by molar-refractivity contribution is 0.240. The first-order chi connectivity index (χ1) is 13.7. The molecule has 4 nitrogen and oxygen atoms in total. The molecular weight excluding hydrogens is 364 g/mol. The number of thioether (sulfide) groups is 1. The average Bonchev–Trinajstić information content (AvgIpc) is 2.74. The van der Waals surface area contributed by atoms with Gasteiger partial charge in [0.05, 0.1) is 11.4 Å². The lowest BCUT2D eigenvalue weighted by Gasteiger charge is -2.27. The quantitative estimate of drug-likeness (QED) is 0.567. The van der Waals surface area contributed by atoms with Gasteiger partial charge in [-0.05, 0) is 36.9 Å². The highest BCUT2D eigenvalue weighted by molar-refractivity contribution is 7.98. The Labute approximate surface area is 171 Å². The van der Waals surface area contributed by atoms with Crippen LogP contribution in [0.3, 0.4) is 0 Å². The van der Waals surface area contributed by atoms with E-state index < -0.39 is 0 Å². The number of aryl methyl sites for hydroxylation is 1. The van der Waals surface area contributed by atoms with Gasteiger partial charge in [0, 0.05) is 60.4 Å². The monoisotopic (exact) mass is 390 g/mol. The minimum atomic E-state index is 0.854. The molecule has 1 aliphatic heterocycles. The second-order valence-corrected chi connectivity index (χ2v) is 8.09. The van der Waals surface area contributed by atoms with Crippen LogP contribution >= 0.6 is 11.8 Å². The molecule has 0 N–H and O–H groups in total. The Bertz CT molecular complexity index is 940. The van der Waals surface area contributed by atoms with E-state index in [1.165, 1.54) is 21.7 Å². The Hall–Kier alpha value is -2.24. The summed E-state index contributed by atoms with van der Waals surface area (Å²) in [7, 11) is 0. The average molecular weight is 391 g/mol. The summed E-state index contributed by atoms with van der Waals surface area (Å²) in [6.45, 7) is 4.94. The Morgan fingerprint density at radius 2 is 1.93 bits per heavy atom. The second-order valence-electron chi connectivity index (χ2n) is 7.21. The van der Waals surface area contributed by atoms with Crippen LogP contribution in [0.4, 0.5) is 0 Å². The van der Waals surface area contributed by atoms with Crippen molar-refractivity contribution < 1.29 is 0 Å². The maximum atomic E-state index is 4.91. The molecular formula is C23H26N4S. The SMILES string of the molecule is CCCc1ncc2c(n1)CCN(Cc1cccc(-c3ccc(SC)cc3)n1)C2. The standard InChI is InChI=1S/C23H26N4S/c1-3-5-23-24-14-18-15-27(13-12-22(18)26-23)16-19-6-4-7-21(25-19)17-8-10-20(28-2)11-9-17/h4,6-11,14H,3,5,12-13,15-16H2,1-2H3. The molecule has 1 aliphatic rings. The molecule has 0 bridgehead atoms. The van der Waals surface area contributed by atoms with E-state index in [0.717, 1.165) is 56.1 Å². The molecule has 0 radical (unpaired) electrons. The number of benzene rings is 1. The molecule has 1 aromatic carbocycles. The Morgan fingerprint density at radius 3 is 2.71 bits per heavy atom. The van der Waals surface area contributed by atoms with Gasteiger partial charge in [-0.2, -0.15) is 0 Å². The zero-order chi connectivity index (χ0) is 19.3. The van der Waals surface area contributed by atoms with Crippen molar-refractivity contribution in [1.29, 1.82) is 0 Å². The van der Waals surface area contributed by atoms with E-state index in [9.17, 15) is 0 Å². The summed E-state index contributed by atoms with van der Waals surface area (Å²) < 4.78 is 0. The Kier molecular flexibility index (Phi) is 6.03. The van der Waals surface area contributed by atoms with E-state index >= 15 is 0 Å². The maximum absolute atomic E-state index is 4.91. The van der Waals surface area contributed by atoms with Crippen LogP contribution in [-0.2, 0) is 25.9 Å². The van der Waals surface area contributed by atoms with Crippen LogP contribution in [0, 0.1) is 0 Å². The molecule has 0 unspecified atom stereocenters. The molecule has 144 valence electrons. The van der Waals surface area contributed by atoms with E-state index in [0.29, 0.717) is 0 Å². The number of hydrogen-bond donors (Lipinski definition) is 0. The minimum absolute atomic E-state index is 0.854. The molecule has 0 aliphatic carbocycles. The molecule has 2 aromatic heterocycles. The molecule has 3 aromatic rings. The van der Waals surface area contributed by atoms with Crippen molar-refractivity contribution in [2.24, 2.45) is 0 Å². The van der Waals surface area contributed by atoms with Gasteiger partial charge in [-0.3, -0.25) is 9.88 Å². The molecule has 0 amide bonds. The van der Waals surface area contributed by atoms with Gasteiger partial charge in [-0.15, -0.1) is 11.8 Å². The van der Waals surface area contributed by atoms with E-state index in [-0.39, 0.29) is 0 Å². The highest BCUT2D eigenvalue weighted by Gasteiger charge is 2.19. The van der Waals surface area contributed by atoms with Gasteiger partial charge in [0.25, 0.3) is 0 Å². The molecule has 28 heavy (non-hydrogen) atoms. The highest BCUT2D eigenvalue weighted by Crippen LogP contribution is 2.23. The van der Waals surface area contributed by atoms with E-state index in [4.69, 9.17) is 9.97 Å². The molecule has 3 heterocycles. The summed E-state index contributed by atoms with van der Waals surface area (Å²) in [4.78, 5) is 17.9. The zero-order valence-electron chi connectivity index (χ0n) is 16.6. The summed E-state index contributed by atoms with van der Waals surface area (Å²) >= 11 is 1.76. The fraction of sp³-hybridized carbons (Fsp3) is 0.348. The van der Waals surface area contributed by atoms with E-state index in [1.54, 1.807) is 11.8 Å². The lowest BCUT2D eigenvalue weighted by atomic mass is 10.1. The van der Waals surface area contributed by atoms with Crippen molar-refractivity contribution in [2.45, 2.75) is 44.2 Å². The van der Waals surface area contributed by atoms with Gasteiger partial charge in [0.2, 0.25) is 0 Å². The summed E-state index contributed by atoms with van der Waals surface area (Å²) in [5.41, 5.74) is 5.80. The van der Waals surface area contributed by atoms with Crippen molar-refractivity contribution in [2.75, 3.05) is 12.8 Å². The van der Waals surface area contributed by atoms with E-state index in [2.05, 4.69) is 65.5 Å². The number of aromatic nitrogens is 3. The first-order valence-electron chi connectivity index (χ1n) is 9.91. The fourth-order valence-electron chi connectivity index (χ4n) is 3.61. The van der Waals surface area contributed by atoms with Crippen LogP contribution in [0.15, 0.2) is 53.6 Å². The van der Waals surface area contributed by atoms with Crippen LogP contribution in [-0.4, -0.2) is 32.7 Å². The molecule has 5 heteroatoms. The van der Waals surface area contributed by atoms with Crippen molar-refractivity contribution in [1.82, 2.24) is 19.9 Å². The summed E-state index contributed by atoms with van der Waals surface area (Å²) in [6, 6.07) is 14.9. The fourth-order valence-corrected chi connectivity index (χ4v) is 4.02. The van der Waals surface area contributed by atoms with Crippen LogP contribution in [0.25, 0.3) is 11.3 Å². The molecule has 0 spiro atoms. The number of pyridine rings is 1. The normalized spacial score (nSPS) is 14.1. The second kappa shape index (κ2) is 8.84. The minimum Gasteiger partial charge on any atom is -0.293 e. The predicted octanol–water partition coefficient (Wildman–Crippen LogP) is 4.77. The first kappa shape index (κ1) is 19.1. The lowest BCUT2D eigenvalue weighted by Crippen LogP contribution is -2.31. The summed E-state index contributed by atoms with van der Waals surface area (Å²) in [5.74, 6) is 0.983. The molecule has 0 atom stereocenters. The topological polar surface area (TPSA) is 41.9 Å². The number of fused-ring (bicyclic) bond motifs is 1. The summed E-state index contributed by atoms with van der Waals surface area (Å²) in [5, 5.41) is 0. The number of hydrogen-bond acceptors (Lipinski definition) is 5. The van der Waals surface area contributed by atoms with Crippen LogP contribution in [0.1, 0.15) is 36.1 Å². The molecule has 4 rings (SSSR count). The van der Waals surface area contributed by atoms with Crippen LogP contribution < -0.4 is 0 Å². The van der Waals surface area contributed by atoms with Gasteiger partial charge < -0.3 is 0 Å². The Morgan fingerprint density at radius 1 is 1.07 bits per heavy atom. The number of nitrogens with zero attached hydrogens (tertiary/aromatic N) is 4. The Balaban J connectivity index is 1.46. The van der Waals surface area contributed by atoms with Crippen molar-refractivity contribution in [3.63, 3.8) is 0 Å². The van der Waals surface area contributed by atoms with Gasteiger partial charge in [-0.25, -0.2) is 9.97 Å². The third kappa shape index (κ3) is 4.42. The van der Waals surface area contributed by atoms with Gasteiger partial charge in [0.15, 0.2) is 0 Å². The van der Waals surface area contributed by atoms with Crippen molar-refractivity contribution >= 4 is 11.8 Å². The van der Waals surface area contributed by atoms with Crippen molar-refractivity contribution in [3.05, 3.63) is 71.4 Å². The van der Waals surface area contributed by atoms with Gasteiger partial charge in [-0.1, -0.05) is 25.1 Å². The predicted molar refractivity (Wildman–Crippen MR) is 115 cm³/mol. The third-order valence-corrected chi connectivity index (χ3v) is 5.86. The van der Waals surface area contributed by atoms with Crippen LogP contribution in [0.5, 0.6) is 0 Å². The van der Waals surface area contributed by atoms with E-state index in [1.807, 2.05) is 6.20 Å². The first-order valence-corrected chi connectivity index (χ1v) is 11.1. The third-order valence-electron chi connectivity index (χ3n) is 5.11. The number of rotatable bonds is 6. The smallest absolute Gasteiger partial charge is 0.128 e. The van der Waals surface area contributed by atoms with Crippen LogP contribution in [0.2, 0.25) is 0 Å². The zero-order valence-corrected chi connectivity index (χ0v) is 17.4. The maximum Gasteiger partial charge on any atom is 0.128 e. The molecule has 0 saturated carbocycles. The van der Waals surface area contributed by atoms with Crippen molar-refractivity contribution in [3.8, 4) is 11.3 Å². The van der Waals surface area contributed by atoms with Gasteiger partial charge >= 0.3 is 0 Å². The molecule has 0 saturated heterocycles. The largest absolute Gasteiger partial charge is 0.293 e. The van der Waals surface area contributed by atoms with Gasteiger partial charge in [0.1, 0.15) is 5.82 Å². The molecule has 0 fully saturated rings. The highest BCUT2D eigenvalue weighted by atomic mass is 32.2.